The van der Waals surface area contributed by atoms with Crippen molar-refractivity contribution in [3.8, 4) is 5.75 Å². The average Bonchev–Trinajstić information content (AvgIpc) is 2.37. The molecule has 0 aliphatic carbocycles. The van der Waals surface area contributed by atoms with Crippen molar-refractivity contribution < 1.29 is 23.8 Å². The highest BCUT2D eigenvalue weighted by atomic mass is 16.6. The predicted molar refractivity (Wildman–Crippen MR) is 83.0 cm³/mol. The SMILES string of the molecule is CCOC(=O)C(C)(C)Oc1ccc(C(=O)OC(C)(C)C)cc1. The fourth-order valence-corrected chi connectivity index (χ4v) is 1.64. The van der Waals surface area contributed by atoms with E-state index in [4.69, 9.17) is 14.2 Å². The van der Waals surface area contributed by atoms with Crippen molar-refractivity contribution in [2.75, 3.05) is 6.61 Å². The lowest BCUT2D eigenvalue weighted by molar-refractivity contribution is -0.158. The molecule has 0 amide bonds. The third kappa shape index (κ3) is 5.39. The van der Waals surface area contributed by atoms with Crippen molar-refractivity contribution in [1.82, 2.24) is 0 Å². The van der Waals surface area contributed by atoms with Crippen LogP contribution in [-0.2, 0) is 14.3 Å². The standard InChI is InChI=1S/C17H24O5/c1-7-20-15(19)17(5,6)21-13-10-8-12(9-11-13)14(18)22-16(2,3)4/h8-11H,7H2,1-6H3. The van der Waals surface area contributed by atoms with Crippen molar-refractivity contribution in [3.63, 3.8) is 0 Å². The minimum Gasteiger partial charge on any atom is -0.476 e. The van der Waals surface area contributed by atoms with Gasteiger partial charge in [0, 0.05) is 0 Å². The molecule has 1 rings (SSSR count). The van der Waals surface area contributed by atoms with Crippen molar-refractivity contribution in [3.05, 3.63) is 29.8 Å². The lowest BCUT2D eigenvalue weighted by atomic mass is 10.1. The maximum absolute atomic E-state index is 11.9. The fourth-order valence-electron chi connectivity index (χ4n) is 1.64. The molecule has 5 nitrogen and oxygen atoms in total. The molecule has 0 atom stereocenters. The van der Waals surface area contributed by atoms with E-state index in [0.29, 0.717) is 17.9 Å². The van der Waals surface area contributed by atoms with Crippen molar-refractivity contribution in [2.45, 2.75) is 52.7 Å². The van der Waals surface area contributed by atoms with Crippen molar-refractivity contribution >= 4 is 11.9 Å². The van der Waals surface area contributed by atoms with Crippen LogP contribution < -0.4 is 4.74 Å². The van der Waals surface area contributed by atoms with E-state index in [1.54, 1.807) is 45.0 Å². The van der Waals surface area contributed by atoms with Gasteiger partial charge in [-0.15, -0.1) is 0 Å². The first-order valence-electron chi connectivity index (χ1n) is 7.25. The van der Waals surface area contributed by atoms with Crippen LogP contribution in [-0.4, -0.2) is 29.7 Å². The van der Waals surface area contributed by atoms with Gasteiger partial charge in [0.2, 0.25) is 0 Å². The van der Waals surface area contributed by atoms with Crippen LogP contribution in [0.3, 0.4) is 0 Å². The number of carbonyl (C=O) groups is 2. The Hall–Kier alpha value is -2.04. The van der Waals surface area contributed by atoms with Gasteiger partial charge in [0.25, 0.3) is 0 Å². The Morgan fingerprint density at radius 3 is 2.00 bits per heavy atom. The number of rotatable bonds is 5. The lowest BCUT2D eigenvalue weighted by Crippen LogP contribution is -2.39. The molecule has 0 aromatic heterocycles. The molecule has 0 saturated heterocycles. The van der Waals surface area contributed by atoms with Gasteiger partial charge in [-0.05, 0) is 65.8 Å². The maximum Gasteiger partial charge on any atom is 0.349 e. The van der Waals surface area contributed by atoms with Crippen molar-refractivity contribution in [1.29, 1.82) is 0 Å². The van der Waals surface area contributed by atoms with E-state index in [1.807, 2.05) is 20.8 Å². The van der Waals surface area contributed by atoms with Gasteiger partial charge in [0.05, 0.1) is 12.2 Å². The molecule has 0 aliphatic rings. The Balaban J connectivity index is 2.77. The number of carbonyl (C=O) groups excluding carboxylic acids is 2. The minimum absolute atomic E-state index is 0.295. The van der Waals surface area contributed by atoms with Gasteiger partial charge in [-0.1, -0.05) is 0 Å². The summed E-state index contributed by atoms with van der Waals surface area (Å²) in [5.41, 5.74) is -1.21. The van der Waals surface area contributed by atoms with E-state index < -0.39 is 23.1 Å². The summed E-state index contributed by atoms with van der Waals surface area (Å²) in [5, 5.41) is 0. The van der Waals surface area contributed by atoms with Gasteiger partial charge in [0.15, 0.2) is 5.60 Å². The van der Waals surface area contributed by atoms with Crippen LogP contribution in [0.2, 0.25) is 0 Å². The summed E-state index contributed by atoms with van der Waals surface area (Å²) < 4.78 is 15.9. The first-order chi connectivity index (χ1) is 10.0. The zero-order valence-electron chi connectivity index (χ0n) is 14.1. The number of esters is 2. The molecule has 0 N–H and O–H groups in total. The molecule has 0 heterocycles. The molecule has 0 aliphatic heterocycles. The summed E-state index contributed by atoms with van der Waals surface area (Å²) in [5.74, 6) is -0.361. The molecular weight excluding hydrogens is 284 g/mol. The minimum atomic E-state index is -1.09. The molecule has 5 heteroatoms. The van der Waals surface area contributed by atoms with Crippen LogP contribution in [0.15, 0.2) is 24.3 Å². The van der Waals surface area contributed by atoms with E-state index in [2.05, 4.69) is 0 Å². The van der Waals surface area contributed by atoms with E-state index in [1.165, 1.54) is 0 Å². The Morgan fingerprint density at radius 1 is 1.00 bits per heavy atom. The normalized spacial score (nSPS) is 11.7. The van der Waals surface area contributed by atoms with Crippen LogP contribution in [0.4, 0.5) is 0 Å². The number of hydrogen-bond acceptors (Lipinski definition) is 5. The summed E-state index contributed by atoms with van der Waals surface area (Å²) in [6, 6.07) is 6.45. The second kappa shape index (κ2) is 6.81. The van der Waals surface area contributed by atoms with Gasteiger partial charge in [-0.2, -0.15) is 0 Å². The van der Waals surface area contributed by atoms with E-state index in [0.717, 1.165) is 0 Å². The second-order valence-corrected chi connectivity index (χ2v) is 6.36. The summed E-state index contributed by atoms with van der Waals surface area (Å²) in [6.45, 7) is 10.7. The fraction of sp³-hybridized carbons (Fsp3) is 0.529. The molecule has 0 spiro atoms. The Morgan fingerprint density at radius 2 is 1.55 bits per heavy atom. The molecule has 0 unspecified atom stereocenters. The zero-order chi connectivity index (χ0) is 17.0. The number of ether oxygens (including phenoxy) is 3. The van der Waals surface area contributed by atoms with Crippen LogP contribution in [0.25, 0.3) is 0 Å². The average molecular weight is 308 g/mol. The second-order valence-electron chi connectivity index (χ2n) is 6.36. The van der Waals surface area contributed by atoms with Crippen LogP contribution in [0.1, 0.15) is 51.9 Å². The van der Waals surface area contributed by atoms with Gasteiger partial charge in [0.1, 0.15) is 11.4 Å². The smallest absolute Gasteiger partial charge is 0.349 e. The largest absolute Gasteiger partial charge is 0.476 e. The Labute approximate surface area is 131 Å². The summed E-state index contributed by atoms with van der Waals surface area (Å²) in [4.78, 5) is 23.7. The predicted octanol–water partition coefficient (Wildman–Crippen LogP) is 3.36. The topological polar surface area (TPSA) is 61.8 Å². The number of benzene rings is 1. The van der Waals surface area contributed by atoms with Crippen LogP contribution in [0, 0.1) is 0 Å². The monoisotopic (exact) mass is 308 g/mol. The molecule has 0 fully saturated rings. The van der Waals surface area contributed by atoms with Gasteiger partial charge in [-0.3, -0.25) is 0 Å². The molecule has 0 radical (unpaired) electrons. The summed E-state index contributed by atoms with van der Waals surface area (Å²) in [6.07, 6.45) is 0. The van der Waals surface area contributed by atoms with Crippen LogP contribution >= 0.6 is 0 Å². The molecule has 1 aromatic rings. The highest BCUT2D eigenvalue weighted by molar-refractivity contribution is 5.89. The molecule has 1 aromatic carbocycles. The number of hydrogen-bond donors (Lipinski definition) is 0. The summed E-state index contributed by atoms with van der Waals surface area (Å²) in [7, 11) is 0. The summed E-state index contributed by atoms with van der Waals surface area (Å²) >= 11 is 0. The molecule has 122 valence electrons. The van der Waals surface area contributed by atoms with E-state index in [9.17, 15) is 9.59 Å². The molecule has 22 heavy (non-hydrogen) atoms. The van der Waals surface area contributed by atoms with E-state index in [-0.39, 0.29) is 0 Å². The van der Waals surface area contributed by atoms with Crippen LogP contribution in [0.5, 0.6) is 5.75 Å². The zero-order valence-corrected chi connectivity index (χ0v) is 14.1. The Bertz CT molecular complexity index is 523. The van der Waals surface area contributed by atoms with Gasteiger partial charge >= 0.3 is 11.9 Å². The van der Waals surface area contributed by atoms with E-state index >= 15 is 0 Å². The third-order valence-electron chi connectivity index (χ3n) is 2.63. The quantitative estimate of drug-likeness (QED) is 0.780. The highest BCUT2D eigenvalue weighted by Gasteiger charge is 2.31. The van der Waals surface area contributed by atoms with Gasteiger partial charge < -0.3 is 14.2 Å². The first-order valence-corrected chi connectivity index (χ1v) is 7.25. The third-order valence-corrected chi connectivity index (χ3v) is 2.63. The molecule has 0 saturated carbocycles. The lowest BCUT2D eigenvalue weighted by Gasteiger charge is -2.24. The van der Waals surface area contributed by atoms with Gasteiger partial charge in [-0.25, -0.2) is 9.59 Å². The molecule has 0 bridgehead atoms. The highest BCUT2D eigenvalue weighted by Crippen LogP contribution is 2.21. The first kappa shape index (κ1) is 18.0. The Kier molecular flexibility index (Phi) is 5.58. The maximum atomic E-state index is 11.9. The van der Waals surface area contributed by atoms with Crippen molar-refractivity contribution in [2.24, 2.45) is 0 Å². The molecular formula is C17H24O5.